The van der Waals surface area contributed by atoms with Crippen molar-refractivity contribution >= 4 is 11.6 Å². The van der Waals surface area contributed by atoms with E-state index in [0.717, 1.165) is 35.3 Å². The van der Waals surface area contributed by atoms with Gasteiger partial charge in [0.05, 0.1) is 30.9 Å². The fourth-order valence-corrected chi connectivity index (χ4v) is 4.97. The zero-order valence-electron chi connectivity index (χ0n) is 19.3. The number of ether oxygens (including phenoxy) is 4. The maximum absolute atomic E-state index is 10.7. The Bertz CT molecular complexity index is 1020. The summed E-state index contributed by atoms with van der Waals surface area (Å²) in [5, 5.41) is 41.3. The number of aliphatic hydroxyl groups excluding tert-OH is 4. The van der Waals surface area contributed by atoms with E-state index in [9.17, 15) is 20.4 Å². The van der Waals surface area contributed by atoms with Gasteiger partial charge in [0.1, 0.15) is 48.6 Å². The van der Waals surface area contributed by atoms with E-state index in [2.05, 4.69) is 0 Å². The lowest BCUT2D eigenvalue weighted by molar-refractivity contribution is -0.231. The van der Waals surface area contributed by atoms with Crippen molar-refractivity contribution in [1.29, 1.82) is 0 Å². The quantitative estimate of drug-likeness (QED) is 0.381. The molecule has 35 heavy (non-hydrogen) atoms. The van der Waals surface area contributed by atoms with Crippen molar-refractivity contribution in [2.75, 3.05) is 26.4 Å². The molecule has 1 saturated heterocycles. The van der Waals surface area contributed by atoms with Crippen molar-refractivity contribution in [3.63, 3.8) is 0 Å². The molecule has 1 aliphatic carbocycles. The van der Waals surface area contributed by atoms with Crippen LogP contribution < -0.4 is 9.47 Å². The zero-order chi connectivity index (χ0) is 24.5. The molecule has 0 radical (unpaired) electrons. The Hall–Kier alpha value is -1.91. The highest BCUT2D eigenvalue weighted by Crippen LogP contribution is 2.44. The first-order valence-corrected chi connectivity index (χ1v) is 12.4. The Balaban J connectivity index is 1.35. The van der Waals surface area contributed by atoms with Gasteiger partial charge in [0.25, 0.3) is 0 Å². The molecule has 0 spiro atoms. The lowest BCUT2D eigenvalue weighted by atomic mass is 9.87. The highest BCUT2D eigenvalue weighted by Gasteiger charge is 2.45. The highest BCUT2D eigenvalue weighted by molar-refractivity contribution is 6.33. The molecular weight excluding hydrogens is 476 g/mol. The summed E-state index contributed by atoms with van der Waals surface area (Å²) in [5.41, 5.74) is 3.24. The Labute approximate surface area is 209 Å². The number of hydrogen-bond acceptors (Lipinski definition) is 8. The van der Waals surface area contributed by atoms with Crippen LogP contribution in [0.1, 0.15) is 41.2 Å². The second-order valence-corrected chi connectivity index (χ2v) is 9.71. The molecule has 2 aliphatic heterocycles. The van der Waals surface area contributed by atoms with E-state index in [0.29, 0.717) is 55.1 Å². The molecule has 0 aromatic heterocycles. The molecule has 5 rings (SSSR count). The van der Waals surface area contributed by atoms with Gasteiger partial charge in [-0.25, -0.2) is 0 Å². The molecule has 1 saturated carbocycles. The molecular formula is C26H31ClO8. The lowest BCUT2D eigenvalue weighted by Crippen LogP contribution is -2.55. The van der Waals surface area contributed by atoms with Crippen LogP contribution in [0.5, 0.6) is 11.5 Å². The van der Waals surface area contributed by atoms with Gasteiger partial charge >= 0.3 is 0 Å². The summed E-state index contributed by atoms with van der Waals surface area (Å²) in [5.74, 6) is 1.31. The maximum atomic E-state index is 10.7. The largest absolute Gasteiger partial charge is 0.491 e. The van der Waals surface area contributed by atoms with Crippen molar-refractivity contribution < 1.29 is 39.4 Å². The summed E-state index contributed by atoms with van der Waals surface area (Å²) in [6.45, 7) is 1.05. The van der Waals surface area contributed by atoms with Gasteiger partial charge < -0.3 is 39.4 Å². The van der Waals surface area contributed by atoms with E-state index in [1.165, 1.54) is 0 Å². The first kappa shape index (κ1) is 24.8. The molecule has 4 N–H and O–H groups in total. The van der Waals surface area contributed by atoms with Gasteiger partial charge in [0.2, 0.25) is 0 Å². The van der Waals surface area contributed by atoms with Gasteiger partial charge in [0.15, 0.2) is 0 Å². The van der Waals surface area contributed by atoms with Gasteiger partial charge in [-0.3, -0.25) is 0 Å². The standard InChI is InChI=1S/C26H31ClO8/c27-21-15(11-14-1-3-16(4-2-14)32-9-10-33-17-5-6-17)12-19(18-7-8-34-25(18)21)26-24(31)23(30)22(29)20(13-28)35-26/h1-4,12,17,20,22-24,26,28-31H,5-11,13H2/t20-,22+,23+,24?,26+/m1/s1. The molecule has 5 atom stereocenters. The molecule has 2 heterocycles. The molecule has 2 aromatic rings. The average Bonchev–Trinajstić information content (AvgIpc) is 3.56. The van der Waals surface area contributed by atoms with Gasteiger partial charge in [-0.15, -0.1) is 0 Å². The van der Waals surface area contributed by atoms with Gasteiger partial charge in [0, 0.05) is 12.0 Å². The maximum Gasteiger partial charge on any atom is 0.141 e. The minimum absolute atomic E-state index is 0.412. The van der Waals surface area contributed by atoms with Crippen LogP contribution in [0.4, 0.5) is 0 Å². The third-order valence-electron chi connectivity index (χ3n) is 6.78. The number of halogens is 1. The molecule has 9 heteroatoms. The van der Waals surface area contributed by atoms with Gasteiger partial charge in [-0.2, -0.15) is 0 Å². The van der Waals surface area contributed by atoms with Gasteiger partial charge in [-0.05, 0) is 48.1 Å². The van der Waals surface area contributed by atoms with Crippen molar-refractivity contribution in [1.82, 2.24) is 0 Å². The molecule has 2 aromatic carbocycles. The monoisotopic (exact) mass is 506 g/mol. The van der Waals surface area contributed by atoms with Gasteiger partial charge in [-0.1, -0.05) is 29.8 Å². The molecule has 0 amide bonds. The lowest BCUT2D eigenvalue weighted by Gasteiger charge is -2.40. The second-order valence-electron chi connectivity index (χ2n) is 9.33. The molecule has 2 fully saturated rings. The third-order valence-corrected chi connectivity index (χ3v) is 7.19. The van der Waals surface area contributed by atoms with E-state index in [1.54, 1.807) is 0 Å². The normalized spacial score (nSPS) is 28.0. The Morgan fingerprint density at radius 2 is 1.77 bits per heavy atom. The van der Waals surface area contributed by atoms with Crippen molar-refractivity contribution in [2.24, 2.45) is 0 Å². The second kappa shape index (κ2) is 10.6. The number of aliphatic hydroxyl groups is 4. The fourth-order valence-electron chi connectivity index (χ4n) is 4.68. The highest BCUT2D eigenvalue weighted by atomic mass is 35.5. The SMILES string of the molecule is OC[C@H]1O[C@@H](c2cc(Cc3ccc(OCCOC4CC4)cc3)c(Cl)c3c2CCO3)C(O)[C@@H](O)[C@H]1O. The van der Waals surface area contributed by atoms with E-state index < -0.39 is 37.1 Å². The minimum atomic E-state index is -1.45. The van der Waals surface area contributed by atoms with Crippen molar-refractivity contribution in [3.05, 3.63) is 57.6 Å². The van der Waals surface area contributed by atoms with E-state index in [-0.39, 0.29) is 0 Å². The summed E-state index contributed by atoms with van der Waals surface area (Å²) >= 11 is 6.71. The molecule has 190 valence electrons. The number of benzene rings is 2. The van der Waals surface area contributed by atoms with Crippen LogP contribution in [0.2, 0.25) is 5.02 Å². The van der Waals surface area contributed by atoms with Crippen LogP contribution >= 0.6 is 11.6 Å². The molecule has 8 nitrogen and oxygen atoms in total. The average molecular weight is 507 g/mol. The first-order valence-electron chi connectivity index (χ1n) is 12.1. The van der Waals surface area contributed by atoms with E-state index >= 15 is 0 Å². The van der Waals surface area contributed by atoms with Crippen molar-refractivity contribution in [2.45, 2.75) is 62.3 Å². The topological polar surface area (TPSA) is 118 Å². The molecule has 0 bridgehead atoms. The number of rotatable bonds is 9. The van der Waals surface area contributed by atoms with E-state index in [4.69, 9.17) is 30.5 Å². The molecule has 1 unspecified atom stereocenters. The first-order chi connectivity index (χ1) is 17.0. The smallest absolute Gasteiger partial charge is 0.141 e. The van der Waals surface area contributed by atoms with E-state index in [1.807, 2.05) is 30.3 Å². The Morgan fingerprint density at radius 3 is 2.49 bits per heavy atom. The minimum Gasteiger partial charge on any atom is -0.491 e. The van der Waals surface area contributed by atoms with Crippen molar-refractivity contribution in [3.8, 4) is 11.5 Å². The third kappa shape index (κ3) is 5.29. The van der Waals surface area contributed by atoms with Crippen LogP contribution in [0, 0.1) is 0 Å². The summed E-state index contributed by atoms with van der Waals surface area (Å²) in [7, 11) is 0. The van der Waals surface area contributed by atoms with Crippen LogP contribution in [0.15, 0.2) is 30.3 Å². The Morgan fingerprint density at radius 1 is 1.00 bits per heavy atom. The number of fused-ring (bicyclic) bond motifs is 1. The fraction of sp³-hybridized carbons (Fsp3) is 0.538. The van der Waals surface area contributed by atoms with Crippen LogP contribution in [-0.4, -0.2) is 77.4 Å². The number of hydrogen-bond donors (Lipinski definition) is 4. The summed E-state index contributed by atoms with van der Waals surface area (Å²) in [6, 6.07) is 9.61. The summed E-state index contributed by atoms with van der Waals surface area (Å²) in [4.78, 5) is 0. The van der Waals surface area contributed by atoms with Crippen LogP contribution in [0.3, 0.4) is 0 Å². The Kier molecular flexibility index (Phi) is 7.50. The predicted molar refractivity (Wildman–Crippen MR) is 127 cm³/mol. The van der Waals surface area contributed by atoms with Crippen LogP contribution in [0.25, 0.3) is 0 Å². The molecule has 3 aliphatic rings. The zero-order valence-corrected chi connectivity index (χ0v) is 20.1. The summed E-state index contributed by atoms with van der Waals surface area (Å²) < 4.78 is 23.0. The predicted octanol–water partition coefficient (Wildman–Crippen LogP) is 1.94. The van der Waals surface area contributed by atoms with Crippen LogP contribution in [-0.2, 0) is 22.3 Å². The summed E-state index contributed by atoms with van der Waals surface area (Å²) in [6.07, 6.45) is -2.38.